The fourth-order valence-electron chi connectivity index (χ4n) is 1.68. The molecule has 3 N–H and O–H groups in total. The van der Waals surface area contributed by atoms with Gasteiger partial charge in [0, 0.05) is 5.69 Å². The molecule has 2 aromatic rings. The van der Waals surface area contributed by atoms with Crippen LogP contribution in [0.1, 0.15) is 5.56 Å². The standard InChI is InChI=1S/C13H13FN2O2S/c1-9-4-2-3-5-13(9)19(17,18)16-12-8-10(15)6-7-11(12)14/h2-8,16H,15H2,1H3. The van der Waals surface area contributed by atoms with E-state index in [4.69, 9.17) is 5.73 Å². The molecule has 4 nitrogen and oxygen atoms in total. The Morgan fingerprint density at radius 1 is 1.16 bits per heavy atom. The second kappa shape index (κ2) is 4.89. The van der Waals surface area contributed by atoms with Crippen LogP contribution in [0.25, 0.3) is 0 Å². The van der Waals surface area contributed by atoms with Gasteiger partial charge in [-0.3, -0.25) is 4.72 Å². The van der Waals surface area contributed by atoms with Gasteiger partial charge in [-0.15, -0.1) is 0 Å². The Hall–Kier alpha value is -2.08. The van der Waals surface area contributed by atoms with Gasteiger partial charge in [-0.25, -0.2) is 12.8 Å². The number of hydrogen-bond donors (Lipinski definition) is 2. The molecule has 0 saturated carbocycles. The molecule has 6 heteroatoms. The number of nitrogen functional groups attached to an aromatic ring is 1. The highest BCUT2D eigenvalue weighted by Gasteiger charge is 2.18. The summed E-state index contributed by atoms with van der Waals surface area (Å²) in [5.41, 5.74) is 6.21. The largest absolute Gasteiger partial charge is 0.399 e. The van der Waals surface area contributed by atoms with Crippen LogP contribution in [0.15, 0.2) is 47.4 Å². The summed E-state index contributed by atoms with van der Waals surface area (Å²) in [5.74, 6) is -0.675. The van der Waals surface area contributed by atoms with Crippen molar-refractivity contribution in [1.29, 1.82) is 0 Å². The van der Waals surface area contributed by atoms with Gasteiger partial charge in [-0.1, -0.05) is 18.2 Å². The third-order valence-corrected chi connectivity index (χ3v) is 4.14. The predicted molar refractivity (Wildman–Crippen MR) is 72.8 cm³/mol. The number of anilines is 2. The summed E-state index contributed by atoms with van der Waals surface area (Å²) in [7, 11) is -3.83. The molecule has 0 bridgehead atoms. The van der Waals surface area contributed by atoms with Crippen molar-refractivity contribution in [1.82, 2.24) is 0 Å². The second-order valence-electron chi connectivity index (χ2n) is 4.11. The van der Waals surface area contributed by atoms with E-state index in [1.807, 2.05) is 0 Å². The zero-order valence-electron chi connectivity index (χ0n) is 10.2. The van der Waals surface area contributed by atoms with Crippen molar-refractivity contribution >= 4 is 21.4 Å². The number of nitrogens with one attached hydrogen (secondary N) is 1. The molecule has 2 rings (SSSR count). The predicted octanol–water partition coefficient (Wildman–Crippen LogP) is 2.52. The Morgan fingerprint density at radius 2 is 1.84 bits per heavy atom. The number of aryl methyl sites for hydroxylation is 1. The highest BCUT2D eigenvalue weighted by Crippen LogP contribution is 2.22. The highest BCUT2D eigenvalue weighted by molar-refractivity contribution is 7.92. The summed E-state index contributed by atoms with van der Waals surface area (Å²) < 4.78 is 40.1. The van der Waals surface area contributed by atoms with Crippen LogP contribution in [-0.2, 0) is 10.0 Å². The Labute approximate surface area is 111 Å². The van der Waals surface area contributed by atoms with E-state index in [0.29, 0.717) is 5.56 Å². The lowest BCUT2D eigenvalue weighted by atomic mass is 10.2. The van der Waals surface area contributed by atoms with Gasteiger partial charge in [-0.2, -0.15) is 0 Å². The third-order valence-electron chi connectivity index (χ3n) is 2.62. The Kier molecular flexibility index (Phi) is 3.44. The van der Waals surface area contributed by atoms with E-state index in [2.05, 4.69) is 4.72 Å². The SMILES string of the molecule is Cc1ccccc1S(=O)(=O)Nc1cc(N)ccc1F. The summed E-state index contributed by atoms with van der Waals surface area (Å²) >= 11 is 0. The Bertz CT molecular complexity index is 714. The summed E-state index contributed by atoms with van der Waals surface area (Å²) in [6, 6.07) is 10.2. The van der Waals surface area contributed by atoms with Crippen molar-refractivity contribution in [2.45, 2.75) is 11.8 Å². The quantitative estimate of drug-likeness (QED) is 0.848. The van der Waals surface area contributed by atoms with Crippen LogP contribution in [0.3, 0.4) is 0 Å². The van der Waals surface area contributed by atoms with Crippen LogP contribution in [0, 0.1) is 12.7 Å². The van der Waals surface area contributed by atoms with Gasteiger partial charge >= 0.3 is 0 Å². The molecule has 0 aromatic heterocycles. The van der Waals surface area contributed by atoms with Gasteiger partial charge in [-0.05, 0) is 36.8 Å². The molecule has 0 atom stereocenters. The van der Waals surface area contributed by atoms with Crippen LogP contribution >= 0.6 is 0 Å². The number of benzene rings is 2. The first kappa shape index (κ1) is 13.4. The highest BCUT2D eigenvalue weighted by atomic mass is 32.2. The number of halogens is 1. The van der Waals surface area contributed by atoms with Crippen LogP contribution < -0.4 is 10.5 Å². The molecule has 0 spiro atoms. The Balaban J connectivity index is 2.43. The van der Waals surface area contributed by atoms with Crippen molar-refractivity contribution in [3.8, 4) is 0 Å². The first-order chi connectivity index (χ1) is 8.90. The van der Waals surface area contributed by atoms with Crippen molar-refractivity contribution in [2.75, 3.05) is 10.5 Å². The molecule has 0 saturated heterocycles. The zero-order valence-corrected chi connectivity index (χ0v) is 11.0. The fraction of sp³-hybridized carbons (Fsp3) is 0.0769. The van der Waals surface area contributed by atoms with Crippen molar-refractivity contribution in [2.24, 2.45) is 0 Å². The Morgan fingerprint density at radius 3 is 2.53 bits per heavy atom. The lowest BCUT2D eigenvalue weighted by Crippen LogP contribution is -2.15. The van der Waals surface area contributed by atoms with Crippen LogP contribution in [0.2, 0.25) is 0 Å². The molecule has 0 radical (unpaired) electrons. The maximum absolute atomic E-state index is 13.5. The molecule has 0 heterocycles. The van der Waals surface area contributed by atoms with E-state index in [9.17, 15) is 12.8 Å². The summed E-state index contributed by atoms with van der Waals surface area (Å²) in [4.78, 5) is 0.108. The molecule has 0 aliphatic heterocycles. The van der Waals surface area contributed by atoms with Gasteiger partial charge in [0.05, 0.1) is 10.6 Å². The maximum Gasteiger partial charge on any atom is 0.262 e. The summed E-state index contributed by atoms with van der Waals surface area (Å²) in [5, 5.41) is 0. The van der Waals surface area contributed by atoms with E-state index < -0.39 is 15.8 Å². The molecule has 19 heavy (non-hydrogen) atoms. The number of nitrogens with two attached hydrogens (primary N) is 1. The zero-order chi connectivity index (χ0) is 14.0. The molecule has 0 aliphatic carbocycles. The fourth-order valence-corrected chi connectivity index (χ4v) is 2.98. The third kappa shape index (κ3) is 2.85. The smallest absolute Gasteiger partial charge is 0.262 e. The van der Waals surface area contributed by atoms with Gasteiger partial charge in [0.15, 0.2) is 0 Å². The molecule has 2 aromatic carbocycles. The first-order valence-corrected chi connectivity index (χ1v) is 7.02. The van der Waals surface area contributed by atoms with Crippen LogP contribution in [-0.4, -0.2) is 8.42 Å². The van der Waals surface area contributed by atoms with Crippen LogP contribution in [0.5, 0.6) is 0 Å². The van der Waals surface area contributed by atoms with Crippen molar-refractivity contribution in [3.05, 3.63) is 53.8 Å². The average Bonchev–Trinajstić information content (AvgIpc) is 2.34. The van der Waals surface area contributed by atoms with Gasteiger partial charge in [0.25, 0.3) is 10.0 Å². The number of sulfonamides is 1. The van der Waals surface area contributed by atoms with Crippen molar-refractivity contribution in [3.63, 3.8) is 0 Å². The molecular weight excluding hydrogens is 267 g/mol. The minimum atomic E-state index is -3.83. The second-order valence-corrected chi connectivity index (χ2v) is 5.76. The monoisotopic (exact) mass is 280 g/mol. The van der Waals surface area contributed by atoms with E-state index in [-0.39, 0.29) is 16.3 Å². The normalized spacial score (nSPS) is 11.3. The molecule has 100 valence electrons. The number of hydrogen-bond acceptors (Lipinski definition) is 3. The van der Waals surface area contributed by atoms with E-state index in [1.165, 1.54) is 18.2 Å². The maximum atomic E-state index is 13.5. The van der Waals surface area contributed by atoms with E-state index >= 15 is 0 Å². The molecular formula is C13H13FN2O2S. The van der Waals surface area contributed by atoms with Gasteiger partial charge < -0.3 is 5.73 Å². The summed E-state index contributed by atoms with van der Waals surface area (Å²) in [6.45, 7) is 1.67. The van der Waals surface area contributed by atoms with Gasteiger partial charge in [0.1, 0.15) is 5.82 Å². The average molecular weight is 280 g/mol. The first-order valence-electron chi connectivity index (χ1n) is 5.53. The molecule has 0 unspecified atom stereocenters. The molecule has 0 aliphatic rings. The topological polar surface area (TPSA) is 72.2 Å². The van der Waals surface area contributed by atoms with E-state index in [1.54, 1.807) is 25.1 Å². The van der Waals surface area contributed by atoms with Crippen LogP contribution in [0.4, 0.5) is 15.8 Å². The van der Waals surface area contributed by atoms with Crippen molar-refractivity contribution < 1.29 is 12.8 Å². The summed E-state index contributed by atoms with van der Waals surface area (Å²) in [6.07, 6.45) is 0. The minimum Gasteiger partial charge on any atom is -0.399 e. The lowest BCUT2D eigenvalue weighted by Gasteiger charge is -2.11. The molecule has 0 fully saturated rings. The lowest BCUT2D eigenvalue weighted by molar-refractivity contribution is 0.598. The minimum absolute atomic E-state index is 0.108. The van der Waals surface area contributed by atoms with E-state index in [0.717, 1.165) is 6.07 Å². The number of rotatable bonds is 3. The molecule has 0 amide bonds. The van der Waals surface area contributed by atoms with Gasteiger partial charge in [0.2, 0.25) is 0 Å².